The molecule has 2 fully saturated rings. The molecule has 2 saturated heterocycles. The monoisotopic (exact) mass is 719 g/mol. The summed E-state index contributed by atoms with van der Waals surface area (Å²) in [6.45, 7) is 5.90. The van der Waals surface area contributed by atoms with Crippen LogP contribution in [0, 0.1) is 23.2 Å². The second-order valence-corrected chi connectivity index (χ2v) is 14.6. The maximum absolute atomic E-state index is 15.9. The Kier molecular flexibility index (Phi) is 8.64. The summed E-state index contributed by atoms with van der Waals surface area (Å²) in [6, 6.07) is 12.9. The molecule has 2 atom stereocenters. The highest BCUT2D eigenvalue weighted by Gasteiger charge is 2.57. The molecular weight excluding hydrogens is 684 g/mol. The Morgan fingerprint density at radius 1 is 1.06 bits per heavy atom. The van der Waals surface area contributed by atoms with Crippen LogP contribution in [-0.2, 0) is 17.8 Å². The first-order chi connectivity index (χ1) is 24.2. The lowest BCUT2D eigenvalue weighted by atomic mass is 9.89. The second kappa shape index (κ2) is 12.7. The number of carbonyl (C=O) groups is 2. The van der Waals surface area contributed by atoms with Crippen molar-refractivity contribution in [2.45, 2.75) is 57.8 Å². The van der Waals surface area contributed by atoms with Gasteiger partial charge in [0.05, 0.1) is 51.6 Å². The van der Waals surface area contributed by atoms with Gasteiger partial charge in [0.1, 0.15) is 17.9 Å². The number of nitrogens with zero attached hydrogens (tertiary/aromatic N) is 6. The van der Waals surface area contributed by atoms with Gasteiger partial charge >= 0.3 is 5.69 Å². The molecule has 266 valence electrons. The highest BCUT2D eigenvalue weighted by atomic mass is 35.5. The number of imidazole rings is 1. The van der Waals surface area contributed by atoms with Gasteiger partial charge in [-0.05, 0) is 56.7 Å². The zero-order chi connectivity index (χ0) is 36.4. The van der Waals surface area contributed by atoms with Crippen LogP contribution in [0.25, 0.3) is 11.0 Å². The van der Waals surface area contributed by atoms with Crippen molar-refractivity contribution in [1.29, 1.82) is 5.26 Å². The number of anilines is 3. The van der Waals surface area contributed by atoms with Gasteiger partial charge in [-0.2, -0.15) is 5.26 Å². The molecule has 7 rings (SSSR count). The number of fused-ring (bicyclic) bond motifs is 2. The van der Waals surface area contributed by atoms with E-state index in [1.807, 2.05) is 6.07 Å². The van der Waals surface area contributed by atoms with Crippen molar-refractivity contribution in [3.8, 4) is 6.07 Å². The first kappa shape index (κ1) is 34.6. The zero-order valence-corrected chi connectivity index (χ0v) is 29.0. The molecule has 2 amide bonds. The zero-order valence-electron chi connectivity index (χ0n) is 28.2. The number of piperidine rings is 1. The lowest BCUT2D eigenvalue weighted by Crippen LogP contribution is -2.64. The van der Waals surface area contributed by atoms with Crippen LogP contribution in [0.3, 0.4) is 0 Å². The third-order valence-corrected chi connectivity index (χ3v) is 10.2. The first-order valence-electron chi connectivity index (χ1n) is 16.7. The number of halogens is 3. The molecule has 0 unspecified atom stereocenters. The number of alkyl halides is 2. The van der Waals surface area contributed by atoms with E-state index in [1.54, 1.807) is 53.3 Å². The van der Waals surface area contributed by atoms with E-state index in [4.69, 9.17) is 16.3 Å². The molecule has 0 radical (unpaired) electrons. The van der Waals surface area contributed by atoms with Gasteiger partial charge in [0.15, 0.2) is 5.82 Å². The smallest absolute Gasteiger partial charge is 0.329 e. The van der Waals surface area contributed by atoms with Crippen LogP contribution in [0.15, 0.2) is 53.3 Å². The molecule has 2 aromatic carbocycles. The molecule has 0 bridgehead atoms. The molecule has 4 aromatic rings. The number of aromatic nitrogens is 3. The summed E-state index contributed by atoms with van der Waals surface area (Å²) in [6.07, 6.45) is 0.331. The number of amides is 2. The molecule has 3 aliphatic rings. The molecule has 2 N–H and O–H groups in total. The Balaban J connectivity index is 1.23. The third kappa shape index (κ3) is 6.13. The number of ether oxygens (including phenoxy) is 1. The minimum absolute atomic E-state index is 0.0250. The molecule has 0 aliphatic carbocycles. The van der Waals surface area contributed by atoms with Crippen molar-refractivity contribution in [2.24, 2.45) is 11.8 Å². The van der Waals surface area contributed by atoms with Crippen LogP contribution in [0.1, 0.15) is 53.5 Å². The van der Waals surface area contributed by atoms with Gasteiger partial charge in [0.25, 0.3) is 17.7 Å². The fraction of sp³-hybridized carbons (Fsp3) is 0.417. The topological polar surface area (TPSA) is 146 Å². The van der Waals surface area contributed by atoms with Crippen molar-refractivity contribution in [3.63, 3.8) is 0 Å². The minimum Gasteiger partial charge on any atom is -0.390 e. The van der Waals surface area contributed by atoms with Crippen molar-refractivity contribution in [3.05, 3.63) is 80.7 Å². The molecule has 12 nitrogen and oxygen atoms in total. The summed E-state index contributed by atoms with van der Waals surface area (Å²) < 4.78 is 40.3. The van der Waals surface area contributed by atoms with Crippen molar-refractivity contribution in [2.75, 3.05) is 36.5 Å². The van der Waals surface area contributed by atoms with Gasteiger partial charge < -0.3 is 20.1 Å². The van der Waals surface area contributed by atoms with Gasteiger partial charge in [-0.25, -0.2) is 18.6 Å². The van der Waals surface area contributed by atoms with Crippen LogP contribution >= 0.6 is 11.6 Å². The first-order valence-corrected chi connectivity index (χ1v) is 17.1. The molecule has 15 heteroatoms. The summed E-state index contributed by atoms with van der Waals surface area (Å²) in [5, 5.41) is 23.7. The number of nitriles is 1. The van der Waals surface area contributed by atoms with Gasteiger partial charge in [0, 0.05) is 43.7 Å². The van der Waals surface area contributed by atoms with Crippen LogP contribution in [0.4, 0.5) is 26.1 Å². The summed E-state index contributed by atoms with van der Waals surface area (Å²) >= 11 is 6.61. The third-order valence-electron chi connectivity index (χ3n) is 9.88. The standard InChI is InChI=1S/C36H36ClF2N7O5/c1-20-15-43(17-29(36(20,38)39)46-32(47)24-6-4-5-7-25(24)33(46)48)31-22(14-40)12-26(37)30(42-31)41-23-8-9-27-28(13-23)44(11-10-35(2,3)50)34(49)45(27)16-21-18-51-19-21/h4-9,12-13,20-21,29,50H,10-11,15-19H2,1-3H3,(H,41,42)/t20-,29+/m0/s1. The number of imide groups is 1. The average molecular weight is 720 g/mol. The number of hydrogen-bond acceptors (Lipinski definition) is 9. The second-order valence-electron chi connectivity index (χ2n) is 14.2. The molecular formula is C36H36ClF2N7O5. The number of aryl methyl sites for hydroxylation is 1. The van der Waals surface area contributed by atoms with Crippen molar-refractivity contribution >= 4 is 51.8 Å². The largest absolute Gasteiger partial charge is 0.390 e. The maximum Gasteiger partial charge on any atom is 0.329 e. The van der Waals surface area contributed by atoms with Gasteiger partial charge in [-0.15, -0.1) is 0 Å². The van der Waals surface area contributed by atoms with Gasteiger partial charge in [-0.3, -0.25) is 23.6 Å². The van der Waals surface area contributed by atoms with Gasteiger partial charge in [-0.1, -0.05) is 30.7 Å². The van der Waals surface area contributed by atoms with Crippen LogP contribution in [0.5, 0.6) is 0 Å². The lowest BCUT2D eigenvalue weighted by Gasteiger charge is -2.45. The number of nitrogens with one attached hydrogen (secondary N) is 1. The Morgan fingerprint density at radius 3 is 2.35 bits per heavy atom. The highest BCUT2D eigenvalue weighted by Crippen LogP contribution is 2.42. The van der Waals surface area contributed by atoms with Crippen LogP contribution < -0.4 is 15.9 Å². The van der Waals surface area contributed by atoms with Crippen LogP contribution in [-0.4, -0.2) is 79.8 Å². The van der Waals surface area contributed by atoms with Crippen LogP contribution in [0.2, 0.25) is 5.02 Å². The average Bonchev–Trinajstić information content (AvgIpc) is 3.47. The predicted octanol–water partition coefficient (Wildman–Crippen LogP) is 5.03. The number of rotatable bonds is 9. The van der Waals surface area contributed by atoms with Crippen molar-refractivity contribution < 1.29 is 28.2 Å². The van der Waals surface area contributed by atoms with E-state index >= 15 is 8.78 Å². The van der Waals surface area contributed by atoms with E-state index in [-0.39, 0.29) is 58.0 Å². The van der Waals surface area contributed by atoms with E-state index in [1.165, 1.54) is 30.0 Å². The van der Waals surface area contributed by atoms with E-state index in [9.17, 15) is 24.8 Å². The minimum atomic E-state index is -3.43. The molecule has 3 aliphatic heterocycles. The quantitative estimate of drug-likeness (QED) is 0.228. The molecule has 5 heterocycles. The van der Waals surface area contributed by atoms with E-state index in [0.29, 0.717) is 47.8 Å². The predicted molar refractivity (Wildman–Crippen MR) is 186 cm³/mol. The molecule has 0 spiro atoms. The Labute approximate surface area is 296 Å². The van der Waals surface area contributed by atoms with Gasteiger partial charge in [0.2, 0.25) is 0 Å². The summed E-state index contributed by atoms with van der Waals surface area (Å²) in [7, 11) is 0. The number of aliphatic hydroxyl groups is 1. The fourth-order valence-corrected chi connectivity index (χ4v) is 7.15. The Morgan fingerprint density at radius 2 is 1.75 bits per heavy atom. The number of benzene rings is 2. The summed E-state index contributed by atoms with van der Waals surface area (Å²) in [5.74, 6) is -5.94. The fourth-order valence-electron chi connectivity index (χ4n) is 6.95. The van der Waals surface area contributed by atoms with E-state index < -0.39 is 41.8 Å². The molecule has 0 saturated carbocycles. The summed E-state index contributed by atoms with van der Waals surface area (Å²) in [4.78, 5) is 46.9. The maximum atomic E-state index is 15.9. The van der Waals surface area contributed by atoms with E-state index in [0.717, 1.165) is 0 Å². The number of carbonyl (C=O) groups excluding carboxylic acids is 2. The van der Waals surface area contributed by atoms with E-state index in [2.05, 4.69) is 10.3 Å². The lowest BCUT2D eigenvalue weighted by molar-refractivity contribution is -0.111. The SMILES string of the molecule is C[C@H]1CN(c2nc(Nc3ccc4c(c3)n(CCC(C)(C)O)c(=O)n4CC3COC3)c(Cl)cc2C#N)C[C@@H](N2C(=O)c3ccccc3C2=O)C1(F)F. The van der Waals surface area contributed by atoms with Crippen molar-refractivity contribution in [1.82, 2.24) is 19.0 Å². The Hall–Kier alpha value is -4.84. The highest BCUT2D eigenvalue weighted by molar-refractivity contribution is 6.33. The molecule has 51 heavy (non-hydrogen) atoms. The normalized spacial score (nSPS) is 20.4. The number of hydrogen-bond donors (Lipinski definition) is 2. The molecule has 2 aromatic heterocycles. The summed E-state index contributed by atoms with van der Waals surface area (Å²) in [5.41, 5.74) is 0.770. The Bertz CT molecular complexity index is 2130. The number of pyridine rings is 1.